The number of allylic oxidation sites excluding steroid dienone is 4. The molecule has 0 spiro atoms. The Hall–Kier alpha value is -2.15. The number of nitrogens with two attached hydrogens (primary N) is 1. The van der Waals surface area contributed by atoms with Gasteiger partial charge in [0.1, 0.15) is 12.1 Å². The van der Waals surface area contributed by atoms with Crippen molar-refractivity contribution in [1.82, 2.24) is 5.32 Å². The van der Waals surface area contributed by atoms with Crippen LogP contribution in [0.1, 0.15) is 194 Å². The van der Waals surface area contributed by atoms with E-state index in [9.17, 15) is 19.5 Å². The van der Waals surface area contributed by atoms with Crippen molar-refractivity contribution in [2.75, 3.05) is 6.54 Å². The standard InChI is InChI=1S/C40H74N2O5/c1-3-5-7-9-10-11-12-13-14-15-16-17-18-19-20-21-22-23-28-34-39(44)47-36(30-25-8-6-4-2)31-26-24-27-33-38(43)42-37(40(45)46)32-29-35-41/h10-11,13-14,36-37H,3-9,12,15-35,41H2,1-2H3,(H,42,43)(H,45,46)/b11-10-,14-13-. The van der Waals surface area contributed by atoms with Crippen molar-refractivity contribution in [1.29, 1.82) is 0 Å². The number of hydrogen-bond acceptors (Lipinski definition) is 5. The lowest BCUT2D eigenvalue weighted by atomic mass is 10.0. The van der Waals surface area contributed by atoms with Gasteiger partial charge in [-0.25, -0.2) is 4.79 Å². The number of carbonyl (C=O) groups is 3. The van der Waals surface area contributed by atoms with E-state index < -0.39 is 12.0 Å². The number of carbonyl (C=O) groups excluding carboxylic acids is 2. The zero-order chi connectivity index (χ0) is 34.6. The monoisotopic (exact) mass is 663 g/mol. The molecule has 2 atom stereocenters. The Morgan fingerprint density at radius 1 is 0.617 bits per heavy atom. The van der Waals surface area contributed by atoms with E-state index in [1.165, 1.54) is 89.9 Å². The van der Waals surface area contributed by atoms with E-state index in [1.54, 1.807) is 0 Å². The summed E-state index contributed by atoms with van der Waals surface area (Å²) in [6.45, 7) is 4.85. The lowest BCUT2D eigenvalue weighted by Gasteiger charge is -2.18. The van der Waals surface area contributed by atoms with E-state index in [0.29, 0.717) is 38.6 Å². The van der Waals surface area contributed by atoms with Gasteiger partial charge >= 0.3 is 11.9 Å². The Bertz CT molecular complexity index is 797. The Labute approximate surface area is 289 Å². The zero-order valence-electron chi connectivity index (χ0n) is 30.6. The Balaban J connectivity index is 3.98. The molecule has 2 unspecified atom stereocenters. The Morgan fingerprint density at radius 3 is 1.68 bits per heavy atom. The Kier molecular flexibility index (Phi) is 33.6. The first-order valence-corrected chi connectivity index (χ1v) is 19.7. The summed E-state index contributed by atoms with van der Waals surface area (Å²) < 4.78 is 5.91. The number of aliphatic carboxylic acids is 1. The van der Waals surface area contributed by atoms with Crippen LogP contribution in [-0.4, -0.2) is 41.6 Å². The molecule has 0 aliphatic carbocycles. The second-order valence-electron chi connectivity index (χ2n) is 13.3. The number of amides is 1. The molecule has 0 aromatic carbocycles. The number of carboxylic acids is 1. The molecule has 7 heteroatoms. The molecule has 0 aliphatic rings. The van der Waals surface area contributed by atoms with Crippen LogP contribution < -0.4 is 11.1 Å². The third kappa shape index (κ3) is 32.2. The predicted octanol–water partition coefficient (Wildman–Crippen LogP) is 10.5. The highest BCUT2D eigenvalue weighted by molar-refractivity contribution is 5.83. The fourth-order valence-electron chi connectivity index (χ4n) is 5.77. The summed E-state index contributed by atoms with van der Waals surface area (Å²) in [5.74, 6) is -1.32. The molecule has 0 aromatic heterocycles. The molecular formula is C40H74N2O5. The summed E-state index contributed by atoms with van der Waals surface area (Å²) in [5.41, 5.74) is 5.47. The van der Waals surface area contributed by atoms with Crippen molar-refractivity contribution < 1.29 is 24.2 Å². The van der Waals surface area contributed by atoms with Gasteiger partial charge in [0.25, 0.3) is 0 Å². The van der Waals surface area contributed by atoms with Crippen LogP contribution in [0.4, 0.5) is 0 Å². The van der Waals surface area contributed by atoms with Crippen LogP contribution >= 0.6 is 0 Å². The molecule has 47 heavy (non-hydrogen) atoms. The van der Waals surface area contributed by atoms with Gasteiger partial charge in [0, 0.05) is 12.8 Å². The molecule has 0 saturated heterocycles. The highest BCUT2D eigenvalue weighted by Crippen LogP contribution is 2.18. The van der Waals surface area contributed by atoms with Crippen molar-refractivity contribution >= 4 is 17.8 Å². The van der Waals surface area contributed by atoms with Crippen LogP contribution in [-0.2, 0) is 19.1 Å². The second kappa shape index (κ2) is 35.2. The average Bonchev–Trinajstić information content (AvgIpc) is 3.05. The number of nitrogens with one attached hydrogen (secondary N) is 1. The van der Waals surface area contributed by atoms with Crippen LogP contribution in [0.15, 0.2) is 24.3 Å². The molecule has 0 fully saturated rings. The van der Waals surface area contributed by atoms with Crippen molar-refractivity contribution in [3.63, 3.8) is 0 Å². The fourth-order valence-corrected chi connectivity index (χ4v) is 5.77. The minimum absolute atomic E-state index is 0.0477. The maximum Gasteiger partial charge on any atom is 0.326 e. The van der Waals surface area contributed by atoms with Crippen LogP contribution in [0, 0.1) is 0 Å². The van der Waals surface area contributed by atoms with E-state index >= 15 is 0 Å². The number of rotatable bonds is 35. The van der Waals surface area contributed by atoms with Crippen LogP contribution in [0.25, 0.3) is 0 Å². The second-order valence-corrected chi connectivity index (χ2v) is 13.3. The smallest absolute Gasteiger partial charge is 0.326 e. The average molecular weight is 663 g/mol. The molecule has 0 rings (SSSR count). The molecule has 0 heterocycles. The summed E-state index contributed by atoms with van der Waals surface area (Å²) in [7, 11) is 0. The van der Waals surface area contributed by atoms with E-state index in [-0.39, 0.29) is 18.0 Å². The highest BCUT2D eigenvalue weighted by atomic mass is 16.5. The lowest BCUT2D eigenvalue weighted by molar-refractivity contribution is -0.150. The largest absolute Gasteiger partial charge is 0.480 e. The summed E-state index contributed by atoms with van der Waals surface area (Å²) in [4.78, 5) is 36.1. The summed E-state index contributed by atoms with van der Waals surface area (Å²) >= 11 is 0. The molecule has 4 N–H and O–H groups in total. The topological polar surface area (TPSA) is 119 Å². The van der Waals surface area contributed by atoms with Crippen LogP contribution in [0.2, 0.25) is 0 Å². The minimum atomic E-state index is -1.02. The minimum Gasteiger partial charge on any atom is -0.480 e. The van der Waals surface area contributed by atoms with Crippen molar-refractivity contribution in [2.24, 2.45) is 5.73 Å². The molecule has 0 bridgehead atoms. The molecule has 0 aliphatic heterocycles. The highest BCUT2D eigenvalue weighted by Gasteiger charge is 2.19. The van der Waals surface area contributed by atoms with Gasteiger partial charge in [0.05, 0.1) is 0 Å². The van der Waals surface area contributed by atoms with Gasteiger partial charge in [-0.15, -0.1) is 0 Å². The lowest BCUT2D eigenvalue weighted by Crippen LogP contribution is -2.40. The van der Waals surface area contributed by atoms with Gasteiger partial charge in [-0.3, -0.25) is 9.59 Å². The molecule has 7 nitrogen and oxygen atoms in total. The van der Waals surface area contributed by atoms with E-state index in [0.717, 1.165) is 57.8 Å². The first kappa shape index (κ1) is 44.9. The first-order valence-electron chi connectivity index (χ1n) is 19.7. The van der Waals surface area contributed by atoms with Crippen LogP contribution in [0.3, 0.4) is 0 Å². The third-order valence-corrected chi connectivity index (χ3v) is 8.77. The molecule has 1 amide bonds. The Morgan fingerprint density at radius 2 is 1.11 bits per heavy atom. The van der Waals surface area contributed by atoms with Gasteiger partial charge in [-0.1, -0.05) is 122 Å². The molecule has 0 radical (unpaired) electrons. The van der Waals surface area contributed by atoms with E-state index in [2.05, 4.69) is 43.5 Å². The number of hydrogen-bond donors (Lipinski definition) is 3. The molecule has 0 aromatic rings. The van der Waals surface area contributed by atoms with E-state index in [1.807, 2.05) is 0 Å². The number of ether oxygens (including phenoxy) is 1. The van der Waals surface area contributed by atoms with E-state index in [4.69, 9.17) is 10.5 Å². The predicted molar refractivity (Wildman–Crippen MR) is 197 cm³/mol. The summed E-state index contributed by atoms with van der Waals surface area (Å²) in [5, 5.41) is 11.9. The van der Waals surface area contributed by atoms with Gasteiger partial charge in [0.15, 0.2) is 0 Å². The van der Waals surface area contributed by atoms with Crippen LogP contribution in [0.5, 0.6) is 0 Å². The quantitative estimate of drug-likeness (QED) is 0.0353. The van der Waals surface area contributed by atoms with Gasteiger partial charge in [0.2, 0.25) is 5.91 Å². The maximum absolute atomic E-state index is 12.6. The number of unbranched alkanes of at least 4 members (excludes halogenated alkanes) is 17. The number of esters is 1. The molecule has 0 saturated carbocycles. The van der Waals surface area contributed by atoms with Crippen molar-refractivity contribution in [2.45, 2.75) is 206 Å². The van der Waals surface area contributed by atoms with Gasteiger partial charge in [-0.05, 0) is 90.0 Å². The van der Waals surface area contributed by atoms with Crippen molar-refractivity contribution in [3.8, 4) is 0 Å². The fraction of sp³-hybridized carbons (Fsp3) is 0.825. The maximum atomic E-state index is 12.6. The molecular weight excluding hydrogens is 588 g/mol. The number of carboxylic acid groups (broad SMARTS) is 1. The van der Waals surface area contributed by atoms with Gasteiger partial charge in [-0.2, -0.15) is 0 Å². The first-order chi connectivity index (χ1) is 22.9. The van der Waals surface area contributed by atoms with Crippen molar-refractivity contribution in [3.05, 3.63) is 24.3 Å². The summed E-state index contributed by atoms with van der Waals surface area (Å²) in [6.07, 6.45) is 38.1. The van der Waals surface area contributed by atoms with Gasteiger partial charge < -0.3 is 20.9 Å². The molecule has 274 valence electrons. The zero-order valence-corrected chi connectivity index (χ0v) is 30.6. The third-order valence-electron chi connectivity index (χ3n) is 8.77. The SMILES string of the molecule is CCCCC/C=C\C/C=C\CCCCCCCCCCCC(=O)OC(CCCCCC)CCCCCC(=O)NC(CCCN)C(=O)O. The normalized spacial score (nSPS) is 12.9. The summed E-state index contributed by atoms with van der Waals surface area (Å²) in [6, 6.07) is -0.872.